The highest BCUT2D eigenvalue weighted by Gasteiger charge is 2.11. The molecule has 0 saturated carbocycles. The van der Waals surface area contributed by atoms with Crippen molar-refractivity contribution in [1.82, 2.24) is 15.5 Å². The first kappa shape index (κ1) is 23.7. The monoisotopic (exact) mass is 420 g/mol. The standard InChI is InChI=1S/C25H32N4O2/c1-19(9-7-15-27-20(2)26)28-25(31)23(18-30)13-8-16-29(3)17-22-12-6-11-21-10-4-5-14-24(21)22/h4-6,8,10-14,16,18-19,27H,2,7,9,15,17,26H2,1,3H3,(H,28,31)/b16-8-,23-13+. The molecule has 1 unspecified atom stereocenters. The van der Waals surface area contributed by atoms with Gasteiger partial charge in [-0.25, -0.2) is 0 Å². The summed E-state index contributed by atoms with van der Waals surface area (Å²) in [6.45, 7) is 6.89. The molecule has 0 fully saturated rings. The van der Waals surface area contributed by atoms with Crippen molar-refractivity contribution in [3.8, 4) is 0 Å². The van der Waals surface area contributed by atoms with E-state index in [0.717, 1.165) is 12.8 Å². The molecule has 2 aromatic carbocycles. The highest BCUT2D eigenvalue weighted by atomic mass is 16.2. The number of nitrogens with two attached hydrogens (primary N) is 1. The van der Waals surface area contributed by atoms with Gasteiger partial charge in [-0.1, -0.05) is 49.0 Å². The Morgan fingerprint density at radius 2 is 1.97 bits per heavy atom. The lowest BCUT2D eigenvalue weighted by Gasteiger charge is -2.16. The second kappa shape index (κ2) is 12.2. The van der Waals surface area contributed by atoms with Gasteiger partial charge in [-0.3, -0.25) is 9.59 Å². The molecule has 0 spiro atoms. The third-order valence-corrected chi connectivity index (χ3v) is 4.85. The third kappa shape index (κ3) is 8.01. The fourth-order valence-corrected chi connectivity index (χ4v) is 3.25. The van der Waals surface area contributed by atoms with E-state index < -0.39 is 0 Å². The van der Waals surface area contributed by atoms with Gasteiger partial charge in [0.15, 0.2) is 6.29 Å². The maximum atomic E-state index is 12.3. The van der Waals surface area contributed by atoms with Gasteiger partial charge in [0.1, 0.15) is 0 Å². The first-order chi connectivity index (χ1) is 14.9. The average Bonchev–Trinajstić information content (AvgIpc) is 2.74. The van der Waals surface area contributed by atoms with Crippen LogP contribution in [0.1, 0.15) is 25.3 Å². The zero-order valence-electron chi connectivity index (χ0n) is 18.3. The van der Waals surface area contributed by atoms with Gasteiger partial charge in [0.05, 0.1) is 11.4 Å². The van der Waals surface area contributed by atoms with Gasteiger partial charge in [0.2, 0.25) is 0 Å². The highest BCUT2D eigenvalue weighted by molar-refractivity contribution is 6.10. The average molecular weight is 421 g/mol. The van der Waals surface area contributed by atoms with E-state index in [9.17, 15) is 9.59 Å². The van der Waals surface area contributed by atoms with E-state index in [2.05, 4.69) is 41.5 Å². The number of rotatable bonds is 12. The minimum atomic E-state index is -0.375. The van der Waals surface area contributed by atoms with E-state index >= 15 is 0 Å². The lowest BCUT2D eigenvalue weighted by molar-refractivity contribution is -0.119. The second-order valence-corrected chi connectivity index (χ2v) is 7.60. The molecule has 0 heterocycles. The van der Waals surface area contributed by atoms with Crippen molar-refractivity contribution in [2.45, 2.75) is 32.4 Å². The molecule has 0 saturated heterocycles. The van der Waals surface area contributed by atoms with Crippen LogP contribution in [0.2, 0.25) is 0 Å². The van der Waals surface area contributed by atoms with Crippen molar-refractivity contribution in [2.75, 3.05) is 13.6 Å². The predicted molar refractivity (Wildman–Crippen MR) is 127 cm³/mol. The van der Waals surface area contributed by atoms with Gasteiger partial charge in [-0.2, -0.15) is 0 Å². The molecular formula is C25H32N4O2. The number of hydrogen-bond donors (Lipinski definition) is 3. The summed E-state index contributed by atoms with van der Waals surface area (Å²) in [6.07, 6.45) is 7.29. The minimum Gasteiger partial charge on any atom is -0.386 e. The van der Waals surface area contributed by atoms with E-state index in [1.54, 1.807) is 6.08 Å². The molecule has 0 aromatic heterocycles. The Morgan fingerprint density at radius 1 is 1.23 bits per heavy atom. The van der Waals surface area contributed by atoms with Crippen LogP contribution >= 0.6 is 0 Å². The van der Waals surface area contributed by atoms with Gasteiger partial charge in [-0.15, -0.1) is 0 Å². The lowest BCUT2D eigenvalue weighted by Crippen LogP contribution is -2.34. The number of amides is 1. The number of hydrogen-bond acceptors (Lipinski definition) is 5. The first-order valence-corrected chi connectivity index (χ1v) is 10.4. The number of allylic oxidation sites excluding steroid dienone is 2. The Morgan fingerprint density at radius 3 is 2.71 bits per heavy atom. The quantitative estimate of drug-likeness (QED) is 0.123. The van der Waals surface area contributed by atoms with Gasteiger partial charge < -0.3 is 21.3 Å². The van der Waals surface area contributed by atoms with Crippen LogP contribution in [-0.4, -0.2) is 36.7 Å². The van der Waals surface area contributed by atoms with E-state index in [4.69, 9.17) is 5.73 Å². The smallest absolute Gasteiger partial charge is 0.254 e. The number of nitrogens with one attached hydrogen (secondary N) is 2. The maximum Gasteiger partial charge on any atom is 0.254 e. The number of nitrogens with zero attached hydrogens (tertiary/aromatic N) is 1. The van der Waals surface area contributed by atoms with Crippen LogP contribution in [0.4, 0.5) is 0 Å². The van der Waals surface area contributed by atoms with Crippen LogP contribution in [0.15, 0.2) is 78.8 Å². The van der Waals surface area contributed by atoms with Gasteiger partial charge in [-0.05, 0) is 54.5 Å². The second-order valence-electron chi connectivity index (χ2n) is 7.60. The Labute approximate surface area is 184 Å². The molecule has 164 valence electrons. The number of fused-ring (bicyclic) bond motifs is 1. The SMILES string of the molecule is C=C(N)NCCCC(C)NC(=O)/C(C=O)=C/C=C\N(C)Cc1cccc2ccccc12. The number of carbonyl (C=O) groups is 2. The molecule has 1 atom stereocenters. The molecule has 6 heteroatoms. The molecule has 0 aliphatic heterocycles. The van der Waals surface area contributed by atoms with Crippen molar-refractivity contribution in [3.63, 3.8) is 0 Å². The topological polar surface area (TPSA) is 87.5 Å². The molecular weight excluding hydrogens is 388 g/mol. The molecule has 31 heavy (non-hydrogen) atoms. The van der Waals surface area contributed by atoms with E-state index in [-0.39, 0.29) is 17.5 Å². The summed E-state index contributed by atoms with van der Waals surface area (Å²) in [7, 11) is 1.96. The fourth-order valence-electron chi connectivity index (χ4n) is 3.25. The largest absolute Gasteiger partial charge is 0.386 e. The first-order valence-electron chi connectivity index (χ1n) is 10.4. The zero-order valence-corrected chi connectivity index (χ0v) is 18.3. The van der Waals surface area contributed by atoms with Crippen molar-refractivity contribution in [2.24, 2.45) is 5.73 Å². The Balaban J connectivity index is 1.89. The Kier molecular flexibility index (Phi) is 9.36. The van der Waals surface area contributed by atoms with Crippen LogP contribution in [0, 0.1) is 0 Å². The van der Waals surface area contributed by atoms with Crippen LogP contribution in [0.25, 0.3) is 10.8 Å². The van der Waals surface area contributed by atoms with Crippen molar-refractivity contribution in [3.05, 3.63) is 84.4 Å². The molecule has 0 aliphatic carbocycles. The molecule has 0 radical (unpaired) electrons. The summed E-state index contributed by atoms with van der Waals surface area (Å²) < 4.78 is 0. The van der Waals surface area contributed by atoms with Gasteiger partial charge in [0.25, 0.3) is 5.91 Å². The van der Waals surface area contributed by atoms with Crippen molar-refractivity contribution >= 4 is 23.0 Å². The van der Waals surface area contributed by atoms with Crippen LogP contribution in [0.5, 0.6) is 0 Å². The van der Waals surface area contributed by atoms with Crippen LogP contribution < -0.4 is 16.4 Å². The molecule has 2 aromatic rings. The number of aldehydes is 1. The maximum absolute atomic E-state index is 12.3. The summed E-state index contributed by atoms with van der Waals surface area (Å²) in [6, 6.07) is 14.5. The summed E-state index contributed by atoms with van der Waals surface area (Å²) in [5.41, 5.74) is 6.76. The summed E-state index contributed by atoms with van der Waals surface area (Å²) in [4.78, 5) is 25.7. The van der Waals surface area contributed by atoms with Crippen molar-refractivity contribution in [1.29, 1.82) is 0 Å². The van der Waals surface area contributed by atoms with E-state index in [1.165, 1.54) is 22.4 Å². The van der Waals surface area contributed by atoms with Crippen molar-refractivity contribution < 1.29 is 9.59 Å². The Hall–Kier alpha value is -3.54. The zero-order chi connectivity index (χ0) is 22.6. The van der Waals surface area contributed by atoms with Gasteiger partial charge in [0, 0.05) is 26.2 Å². The number of benzene rings is 2. The highest BCUT2D eigenvalue weighted by Crippen LogP contribution is 2.19. The van der Waals surface area contributed by atoms with Crippen LogP contribution in [-0.2, 0) is 16.1 Å². The molecule has 1 amide bonds. The third-order valence-electron chi connectivity index (χ3n) is 4.85. The normalized spacial score (nSPS) is 12.5. The summed E-state index contributed by atoms with van der Waals surface area (Å²) >= 11 is 0. The summed E-state index contributed by atoms with van der Waals surface area (Å²) in [5, 5.41) is 8.21. The number of carbonyl (C=O) groups excluding carboxylic acids is 2. The van der Waals surface area contributed by atoms with Crippen LogP contribution in [0.3, 0.4) is 0 Å². The molecule has 0 bridgehead atoms. The molecule has 2 rings (SSSR count). The molecule has 0 aliphatic rings. The Bertz CT molecular complexity index is 960. The molecule has 6 nitrogen and oxygen atoms in total. The molecule has 4 N–H and O–H groups in total. The predicted octanol–water partition coefficient (Wildman–Crippen LogP) is 3.22. The minimum absolute atomic E-state index is 0.0540. The van der Waals surface area contributed by atoms with E-state index in [0.29, 0.717) is 25.2 Å². The lowest BCUT2D eigenvalue weighted by atomic mass is 10.0. The summed E-state index contributed by atoms with van der Waals surface area (Å²) in [5.74, 6) is 0.0557. The van der Waals surface area contributed by atoms with Gasteiger partial charge >= 0.3 is 0 Å². The van der Waals surface area contributed by atoms with E-state index in [1.807, 2.05) is 43.3 Å². The fraction of sp³-hybridized carbons (Fsp3) is 0.280.